The third-order valence-electron chi connectivity index (χ3n) is 11.1. The van der Waals surface area contributed by atoms with E-state index in [9.17, 15) is 0 Å². The Morgan fingerprint density at radius 1 is 0.278 bits per heavy atom. The molecule has 1 heterocycles. The van der Waals surface area contributed by atoms with Gasteiger partial charge in [0.15, 0.2) is 0 Å². The van der Waals surface area contributed by atoms with Crippen LogP contribution < -0.4 is 4.90 Å². The van der Waals surface area contributed by atoms with Gasteiger partial charge in [0, 0.05) is 33.5 Å². The summed E-state index contributed by atoms with van der Waals surface area (Å²) in [5, 5.41) is 12.6. The number of aromatic nitrogens is 1. The van der Waals surface area contributed by atoms with Crippen molar-refractivity contribution in [2.75, 3.05) is 4.90 Å². The minimum absolute atomic E-state index is 1.11. The van der Waals surface area contributed by atoms with E-state index in [2.05, 4.69) is 216 Å². The van der Waals surface area contributed by atoms with Crippen molar-refractivity contribution in [2.24, 2.45) is 0 Å². The average molecular weight is 687 g/mol. The smallest absolute Gasteiger partial charge is 0.0561 e. The van der Waals surface area contributed by atoms with Gasteiger partial charge in [0.1, 0.15) is 0 Å². The first kappa shape index (κ1) is 30.5. The van der Waals surface area contributed by atoms with Crippen LogP contribution in [0.2, 0.25) is 0 Å². The number of hydrogen-bond acceptors (Lipinski definition) is 1. The number of benzene rings is 10. The number of hydrogen-bond donors (Lipinski definition) is 0. The molecule has 10 aromatic carbocycles. The third-order valence-corrected chi connectivity index (χ3v) is 11.1. The van der Waals surface area contributed by atoms with Crippen molar-refractivity contribution in [1.29, 1.82) is 0 Å². The molecule has 0 unspecified atom stereocenters. The van der Waals surface area contributed by atoms with Gasteiger partial charge < -0.3 is 9.47 Å². The van der Waals surface area contributed by atoms with Crippen molar-refractivity contribution in [1.82, 2.24) is 4.57 Å². The molecule has 0 N–H and O–H groups in total. The number of anilines is 3. The molecule has 0 spiro atoms. The van der Waals surface area contributed by atoms with Crippen LogP contribution in [0, 0.1) is 0 Å². The highest BCUT2D eigenvalue weighted by molar-refractivity contribution is 6.26. The summed E-state index contributed by atoms with van der Waals surface area (Å²) in [4.78, 5) is 2.40. The van der Waals surface area contributed by atoms with E-state index in [1.165, 1.54) is 76.0 Å². The van der Waals surface area contributed by atoms with Gasteiger partial charge in [0.25, 0.3) is 0 Å². The Labute approximate surface area is 313 Å². The summed E-state index contributed by atoms with van der Waals surface area (Å²) in [7, 11) is 0. The molecule has 1 aromatic heterocycles. The number of fused-ring (bicyclic) bond motifs is 10. The SMILES string of the molecule is c1ccc(-c2ccc3ccc(-n4c5ccccc5c5ccc(N(c6ccccc6)c6ccc7c8ccccc8c8ccccc8c7c6)cc54)cc3c2)cc1. The largest absolute Gasteiger partial charge is 0.310 e. The molecule has 0 bridgehead atoms. The molecule has 2 nitrogen and oxygen atoms in total. The predicted molar refractivity (Wildman–Crippen MR) is 231 cm³/mol. The van der Waals surface area contributed by atoms with E-state index in [1.54, 1.807) is 0 Å². The Morgan fingerprint density at radius 2 is 0.815 bits per heavy atom. The van der Waals surface area contributed by atoms with Gasteiger partial charge in [-0.1, -0.05) is 146 Å². The maximum Gasteiger partial charge on any atom is 0.0561 e. The Morgan fingerprint density at radius 3 is 1.54 bits per heavy atom. The van der Waals surface area contributed by atoms with Crippen LogP contribution >= 0.6 is 0 Å². The fraction of sp³-hybridized carbons (Fsp3) is 0. The van der Waals surface area contributed by atoms with E-state index in [0.717, 1.165) is 22.7 Å². The van der Waals surface area contributed by atoms with E-state index in [0.29, 0.717) is 0 Å². The van der Waals surface area contributed by atoms with E-state index >= 15 is 0 Å². The van der Waals surface area contributed by atoms with Crippen LogP contribution in [0.25, 0.3) is 81.7 Å². The lowest BCUT2D eigenvalue weighted by Gasteiger charge is -2.26. The second-order valence-electron chi connectivity index (χ2n) is 14.2. The standard InChI is InChI=1S/C52H34N2/c1-3-13-35(14-4-1)37-24-23-36-25-26-40(32-38(36)31-37)54-51-22-12-11-21-48(51)49-30-28-42(34-52(49)54)53(39-15-5-2-6-16-39)41-27-29-47-45-19-8-7-17-43(45)44-18-9-10-20-46(44)50(47)33-41/h1-34H. The third kappa shape index (κ3) is 4.81. The van der Waals surface area contributed by atoms with E-state index in [-0.39, 0.29) is 0 Å². The van der Waals surface area contributed by atoms with Crippen LogP contribution in [0.4, 0.5) is 17.1 Å². The van der Waals surface area contributed by atoms with Gasteiger partial charge in [0.2, 0.25) is 0 Å². The lowest BCUT2D eigenvalue weighted by molar-refractivity contribution is 1.18. The second-order valence-corrected chi connectivity index (χ2v) is 14.2. The van der Waals surface area contributed by atoms with Gasteiger partial charge in [-0.2, -0.15) is 0 Å². The van der Waals surface area contributed by atoms with E-state index in [1.807, 2.05) is 0 Å². The lowest BCUT2D eigenvalue weighted by atomic mass is 9.94. The highest BCUT2D eigenvalue weighted by Crippen LogP contribution is 2.43. The van der Waals surface area contributed by atoms with Crippen molar-refractivity contribution in [3.05, 3.63) is 206 Å². The molecule has 54 heavy (non-hydrogen) atoms. The summed E-state index contributed by atoms with van der Waals surface area (Å²) in [6, 6.07) is 75.3. The number of para-hydroxylation sites is 2. The minimum atomic E-state index is 1.11. The molecular formula is C52H34N2. The van der Waals surface area contributed by atoms with Gasteiger partial charge in [-0.25, -0.2) is 0 Å². The van der Waals surface area contributed by atoms with Gasteiger partial charge in [0.05, 0.1) is 11.0 Å². The quantitative estimate of drug-likeness (QED) is 0.164. The van der Waals surface area contributed by atoms with E-state index in [4.69, 9.17) is 0 Å². The zero-order valence-corrected chi connectivity index (χ0v) is 29.5. The Hall–Kier alpha value is -7.16. The summed E-state index contributed by atoms with van der Waals surface area (Å²) >= 11 is 0. The zero-order chi connectivity index (χ0) is 35.6. The Balaban J connectivity index is 1.14. The van der Waals surface area contributed by atoms with E-state index < -0.39 is 0 Å². The molecule has 0 saturated heterocycles. The summed E-state index contributed by atoms with van der Waals surface area (Å²) in [5.74, 6) is 0. The van der Waals surface area contributed by atoms with Crippen LogP contribution in [0.3, 0.4) is 0 Å². The monoisotopic (exact) mass is 686 g/mol. The topological polar surface area (TPSA) is 8.17 Å². The fourth-order valence-corrected chi connectivity index (χ4v) is 8.62. The molecule has 0 aliphatic carbocycles. The van der Waals surface area contributed by atoms with Crippen LogP contribution in [-0.2, 0) is 0 Å². The first-order chi connectivity index (χ1) is 26.8. The first-order valence-corrected chi connectivity index (χ1v) is 18.6. The number of rotatable bonds is 5. The maximum absolute atomic E-state index is 2.44. The van der Waals surface area contributed by atoms with Gasteiger partial charge in [-0.05, 0) is 115 Å². The summed E-state index contributed by atoms with van der Waals surface area (Å²) in [6.45, 7) is 0. The van der Waals surface area contributed by atoms with Crippen molar-refractivity contribution in [3.8, 4) is 16.8 Å². The van der Waals surface area contributed by atoms with Crippen LogP contribution in [0.15, 0.2) is 206 Å². The molecular weight excluding hydrogens is 653 g/mol. The van der Waals surface area contributed by atoms with Gasteiger partial charge in [-0.3, -0.25) is 0 Å². The molecule has 11 aromatic rings. The molecule has 252 valence electrons. The highest BCUT2D eigenvalue weighted by Gasteiger charge is 2.19. The molecule has 0 fully saturated rings. The van der Waals surface area contributed by atoms with Crippen LogP contribution in [0.5, 0.6) is 0 Å². The highest BCUT2D eigenvalue weighted by atomic mass is 15.1. The normalized spacial score (nSPS) is 11.7. The molecule has 0 amide bonds. The zero-order valence-electron chi connectivity index (χ0n) is 29.5. The fourth-order valence-electron chi connectivity index (χ4n) is 8.62. The van der Waals surface area contributed by atoms with Crippen LogP contribution in [0.1, 0.15) is 0 Å². The number of nitrogens with zero attached hydrogens (tertiary/aromatic N) is 2. The molecule has 0 atom stereocenters. The second kappa shape index (κ2) is 12.2. The van der Waals surface area contributed by atoms with Crippen molar-refractivity contribution >= 4 is 82.0 Å². The molecule has 0 radical (unpaired) electrons. The van der Waals surface area contributed by atoms with Gasteiger partial charge in [-0.15, -0.1) is 0 Å². The van der Waals surface area contributed by atoms with Crippen molar-refractivity contribution < 1.29 is 0 Å². The summed E-state index contributed by atoms with van der Waals surface area (Å²) < 4.78 is 2.44. The average Bonchev–Trinajstić information content (AvgIpc) is 3.58. The molecule has 11 rings (SSSR count). The Kier molecular flexibility index (Phi) is 6.90. The predicted octanol–water partition coefficient (Wildman–Crippen LogP) is 14.5. The molecule has 0 saturated carbocycles. The van der Waals surface area contributed by atoms with Crippen molar-refractivity contribution in [3.63, 3.8) is 0 Å². The van der Waals surface area contributed by atoms with Gasteiger partial charge >= 0.3 is 0 Å². The minimum Gasteiger partial charge on any atom is -0.310 e. The Bertz CT molecular complexity index is 3180. The molecule has 0 aliphatic heterocycles. The van der Waals surface area contributed by atoms with Crippen LogP contribution in [-0.4, -0.2) is 4.57 Å². The molecule has 0 aliphatic rings. The van der Waals surface area contributed by atoms with Crippen molar-refractivity contribution in [2.45, 2.75) is 0 Å². The summed E-state index contributed by atoms with van der Waals surface area (Å²) in [6.07, 6.45) is 0. The summed E-state index contributed by atoms with van der Waals surface area (Å²) in [5.41, 5.74) is 9.30. The molecule has 2 heteroatoms. The lowest BCUT2D eigenvalue weighted by Crippen LogP contribution is -2.10. The maximum atomic E-state index is 2.44. The first-order valence-electron chi connectivity index (χ1n) is 18.6.